The van der Waals surface area contributed by atoms with Crippen molar-refractivity contribution in [3.63, 3.8) is 0 Å². The molecular formula is C5H4N2O2S. The average molecular weight is 156 g/mol. The Morgan fingerprint density at radius 3 is 3.00 bits per heavy atom. The number of rotatable bonds is 0. The molecule has 0 radical (unpaired) electrons. The van der Waals surface area contributed by atoms with Crippen LogP contribution in [0.2, 0.25) is 0 Å². The number of fused-ring (bicyclic) bond motifs is 1. The number of amides is 2. The predicted octanol–water partition coefficient (Wildman–Crippen LogP) is -0.542. The zero-order chi connectivity index (χ0) is 7.14. The van der Waals surface area contributed by atoms with Gasteiger partial charge in [0.15, 0.2) is 5.17 Å². The van der Waals surface area contributed by atoms with Gasteiger partial charge in [0.1, 0.15) is 6.54 Å². The second kappa shape index (κ2) is 1.82. The molecule has 2 amide bonds. The van der Waals surface area contributed by atoms with Gasteiger partial charge in [-0.25, -0.2) is 0 Å². The van der Waals surface area contributed by atoms with E-state index in [1.54, 1.807) is 0 Å². The Bertz CT molecular complexity index is 248. The summed E-state index contributed by atoms with van der Waals surface area (Å²) < 4.78 is 0. The van der Waals surface area contributed by atoms with Crippen molar-refractivity contribution in [2.75, 3.05) is 12.3 Å². The Hall–Kier alpha value is -0.840. The summed E-state index contributed by atoms with van der Waals surface area (Å²) in [5.41, 5.74) is 0. The fourth-order valence-corrected chi connectivity index (χ4v) is 1.81. The molecule has 4 nitrogen and oxygen atoms in total. The van der Waals surface area contributed by atoms with E-state index in [0.717, 1.165) is 0 Å². The highest BCUT2D eigenvalue weighted by Crippen LogP contribution is 2.22. The third kappa shape index (κ3) is 0.668. The van der Waals surface area contributed by atoms with Crippen LogP contribution in [-0.4, -0.2) is 34.2 Å². The number of thioether (sulfide) groups is 1. The van der Waals surface area contributed by atoms with Gasteiger partial charge in [-0.05, 0) is 0 Å². The summed E-state index contributed by atoms with van der Waals surface area (Å²) in [6, 6.07) is 0. The van der Waals surface area contributed by atoms with Gasteiger partial charge in [-0.2, -0.15) is 4.99 Å². The normalized spacial score (nSPS) is 23.6. The van der Waals surface area contributed by atoms with E-state index in [2.05, 4.69) is 4.99 Å². The van der Waals surface area contributed by atoms with Gasteiger partial charge in [0, 0.05) is 0 Å². The summed E-state index contributed by atoms with van der Waals surface area (Å²) in [4.78, 5) is 26.6. The van der Waals surface area contributed by atoms with Gasteiger partial charge < -0.3 is 0 Å². The lowest BCUT2D eigenvalue weighted by Gasteiger charge is -2.03. The minimum absolute atomic E-state index is 0.00500. The molecule has 2 aliphatic heterocycles. The molecule has 0 aromatic carbocycles. The lowest BCUT2D eigenvalue weighted by atomic mass is 10.5. The van der Waals surface area contributed by atoms with Gasteiger partial charge in [0.05, 0.1) is 5.75 Å². The van der Waals surface area contributed by atoms with Crippen molar-refractivity contribution in [1.82, 2.24) is 4.90 Å². The zero-order valence-corrected chi connectivity index (χ0v) is 5.85. The number of amidine groups is 1. The number of carbonyl (C=O) groups is 2. The molecular weight excluding hydrogens is 152 g/mol. The maximum Gasteiger partial charge on any atom is 0.268 e. The standard InChI is InChI=1S/C5H4N2O2S/c8-3-1-7-4(9)2-10-5(7)6-3/h1-2H2. The first-order chi connectivity index (χ1) is 4.77. The summed E-state index contributed by atoms with van der Waals surface area (Å²) in [6.45, 7) is 0.154. The lowest BCUT2D eigenvalue weighted by Crippen LogP contribution is -2.27. The molecule has 0 aliphatic carbocycles. The molecule has 0 saturated carbocycles. The van der Waals surface area contributed by atoms with Crippen molar-refractivity contribution >= 4 is 28.7 Å². The Kier molecular flexibility index (Phi) is 1.08. The van der Waals surface area contributed by atoms with Crippen molar-refractivity contribution in [2.24, 2.45) is 4.99 Å². The number of nitrogens with zero attached hydrogens (tertiary/aromatic N) is 2. The number of hydrogen-bond donors (Lipinski definition) is 0. The maximum absolute atomic E-state index is 10.9. The molecule has 1 saturated heterocycles. The van der Waals surface area contributed by atoms with Crippen LogP contribution in [0.5, 0.6) is 0 Å². The summed E-state index contributed by atoms with van der Waals surface area (Å²) in [6.07, 6.45) is 0. The van der Waals surface area contributed by atoms with Gasteiger partial charge in [-0.3, -0.25) is 14.5 Å². The molecule has 1 fully saturated rings. The Morgan fingerprint density at radius 1 is 1.50 bits per heavy atom. The van der Waals surface area contributed by atoms with E-state index in [1.807, 2.05) is 0 Å². The zero-order valence-electron chi connectivity index (χ0n) is 5.03. The van der Waals surface area contributed by atoms with E-state index < -0.39 is 0 Å². The minimum atomic E-state index is -0.212. The quantitative estimate of drug-likeness (QED) is 0.473. The third-order valence-corrected chi connectivity index (χ3v) is 2.33. The molecule has 0 bridgehead atoms. The number of carbonyl (C=O) groups excluding carboxylic acids is 2. The minimum Gasteiger partial charge on any atom is -0.281 e. The topological polar surface area (TPSA) is 49.7 Å². The number of aliphatic imine (C=N–C) groups is 1. The summed E-state index contributed by atoms with van der Waals surface area (Å²) in [5, 5.41) is 0.579. The van der Waals surface area contributed by atoms with Crippen molar-refractivity contribution < 1.29 is 9.59 Å². The molecule has 2 aliphatic rings. The van der Waals surface area contributed by atoms with Crippen LogP contribution in [-0.2, 0) is 9.59 Å². The molecule has 0 aromatic rings. The monoisotopic (exact) mass is 156 g/mol. The van der Waals surface area contributed by atoms with Crippen LogP contribution in [0.3, 0.4) is 0 Å². The lowest BCUT2D eigenvalue weighted by molar-refractivity contribution is -0.127. The molecule has 0 N–H and O–H groups in total. The molecule has 10 heavy (non-hydrogen) atoms. The van der Waals surface area contributed by atoms with Crippen LogP contribution >= 0.6 is 11.8 Å². The van der Waals surface area contributed by atoms with Crippen molar-refractivity contribution in [3.05, 3.63) is 0 Å². The molecule has 2 heterocycles. The molecule has 52 valence electrons. The van der Waals surface area contributed by atoms with Crippen LogP contribution in [0, 0.1) is 0 Å². The average Bonchev–Trinajstić information content (AvgIpc) is 2.35. The van der Waals surface area contributed by atoms with E-state index in [4.69, 9.17) is 0 Å². The molecule has 5 heteroatoms. The highest BCUT2D eigenvalue weighted by molar-refractivity contribution is 8.15. The van der Waals surface area contributed by atoms with Crippen LogP contribution in [0.4, 0.5) is 0 Å². The fourth-order valence-electron chi connectivity index (χ4n) is 0.915. The maximum atomic E-state index is 10.9. The SMILES string of the molecule is O=C1CN2C(=O)CSC2=N1. The van der Waals surface area contributed by atoms with E-state index in [0.29, 0.717) is 10.9 Å². The van der Waals surface area contributed by atoms with Crippen molar-refractivity contribution in [3.8, 4) is 0 Å². The number of hydrogen-bond acceptors (Lipinski definition) is 3. The second-order valence-electron chi connectivity index (χ2n) is 2.06. The first kappa shape index (κ1) is 5.91. The van der Waals surface area contributed by atoms with Crippen LogP contribution in [0.25, 0.3) is 0 Å². The van der Waals surface area contributed by atoms with E-state index in [1.165, 1.54) is 16.7 Å². The van der Waals surface area contributed by atoms with Gasteiger partial charge in [0.2, 0.25) is 5.91 Å². The molecule has 2 rings (SSSR count). The molecule has 0 unspecified atom stereocenters. The highest BCUT2D eigenvalue weighted by Gasteiger charge is 2.34. The van der Waals surface area contributed by atoms with Crippen molar-refractivity contribution in [2.45, 2.75) is 0 Å². The van der Waals surface area contributed by atoms with E-state index in [9.17, 15) is 9.59 Å². The van der Waals surface area contributed by atoms with Gasteiger partial charge in [-0.15, -0.1) is 0 Å². The molecule has 0 spiro atoms. The van der Waals surface area contributed by atoms with Crippen LogP contribution in [0.15, 0.2) is 4.99 Å². The molecule has 0 atom stereocenters. The Balaban J connectivity index is 2.34. The Labute approximate surface area is 61.3 Å². The first-order valence-corrected chi connectivity index (χ1v) is 3.80. The fraction of sp³-hybridized carbons (Fsp3) is 0.400. The second-order valence-corrected chi connectivity index (χ2v) is 3.00. The van der Waals surface area contributed by atoms with Crippen LogP contribution in [0.1, 0.15) is 0 Å². The third-order valence-electron chi connectivity index (χ3n) is 1.37. The van der Waals surface area contributed by atoms with E-state index >= 15 is 0 Å². The van der Waals surface area contributed by atoms with Gasteiger partial charge in [-0.1, -0.05) is 11.8 Å². The molecule has 0 aromatic heterocycles. The van der Waals surface area contributed by atoms with Crippen LogP contribution < -0.4 is 0 Å². The predicted molar refractivity (Wildman–Crippen MR) is 36.6 cm³/mol. The largest absolute Gasteiger partial charge is 0.281 e. The highest BCUT2D eigenvalue weighted by atomic mass is 32.2. The smallest absolute Gasteiger partial charge is 0.268 e. The Morgan fingerprint density at radius 2 is 2.30 bits per heavy atom. The summed E-state index contributed by atoms with van der Waals surface area (Å²) in [5.74, 6) is 0.219. The summed E-state index contributed by atoms with van der Waals surface area (Å²) >= 11 is 1.33. The van der Waals surface area contributed by atoms with E-state index in [-0.39, 0.29) is 18.4 Å². The van der Waals surface area contributed by atoms with Crippen molar-refractivity contribution in [1.29, 1.82) is 0 Å². The first-order valence-electron chi connectivity index (χ1n) is 2.82. The van der Waals surface area contributed by atoms with Gasteiger partial charge >= 0.3 is 0 Å². The van der Waals surface area contributed by atoms with Gasteiger partial charge in [0.25, 0.3) is 5.91 Å². The summed E-state index contributed by atoms with van der Waals surface area (Å²) in [7, 11) is 0.